The lowest BCUT2D eigenvalue weighted by Gasteiger charge is -2.12. The summed E-state index contributed by atoms with van der Waals surface area (Å²) in [5.74, 6) is -1.54. The SMILES string of the molecule is [B]c1c(C)n(Cc2c(F)cccc2F)c(=O)[nH]c1=O. The van der Waals surface area contributed by atoms with Gasteiger partial charge >= 0.3 is 5.69 Å². The van der Waals surface area contributed by atoms with Crippen molar-refractivity contribution in [2.45, 2.75) is 13.5 Å². The van der Waals surface area contributed by atoms with Crippen molar-refractivity contribution in [1.29, 1.82) is 0 Å². The first-order chi connectivity index (χ1) is 8.91. The van der Waals surface area contributed by atoms with Gasteiger partial charge in [0.25, 0.3) is 0 Å². The predicted octanol–water partition coefficient (Wildman–Crippen LogP) is -0.0347. The van der Waals surface area contributed by atoms with Crippen LogP contribution in [-0.2, 0) is 6.54 Å². The molecular weight excluding hydrogens is 253 g/mol. The van der Waals surface area contributed by atoms with Crippen LogP contribution < -0.4 is 16.7 Å². The van der Waals surface area contributed by atoms with Gasteiger partial charge in [-0.1, -0.05) is 6.07 Å². The first kappa shape index (κ1) is 13.3. The molecular formula is C12H9BF2N2O2. The van der Waals surface area contributed by atoms with E-state index in [0.29, 0.717) is 0 Å². The summed E-state index contributed by atoms with van der Waals surface area (Å²) in [5.41, 5.74) is -1.74. The Morgan fingerprint density at radius 2 is 1.84 bits per heavy atom. The van der Waals surface area contributed by atoms with E-state index in [2.05, 4.69) is 0 Å². The van der Waals surface area contributed by atoms with Gasteiger partial charge in [0.2, 0.25) is 5.56 Å². The van der Waals surface area contributed by atoms with Crippen LogP contribution in [0.3, 0.4) is 0 Å². The van der Waals surface area contributed by atoms with Gasteiger partial charge in [-0.25, -0.2) is 13.6 Å². The van der Waals surface area contributed by atoms with Crippen LogP contribution in [0.1, 0.15) is 11.3 Å². The lowest BCUT2D eigenvalue weighted by molar-refractivity contribution is 0.537. The molecule has 0 aliphatic heterocycles. The maximum atomic E-state index is 13.5. The molecule has 0 aliphatic carbocycles. The normalized spacial score (nSPS) is 10.7. The van der Waals surface area contributed by atoms with Crippen molar-refractivity contribution >= 4 is 13.3 Å². The van der Waals surface area contributed by atoms with Gasteiger partial charge < -0.3 is 0 Å². The monoisotopic (exact) mass is 262 g/mol. The molecule has 0 saturated carbocycles. The molecule has 2 radical (unpaired) electrons. The summed E-state index contributed by atoms with van der Waals surface area (Å²) in [6.45, 7) is 1.09. The van der Waals surface area contributed by atoms with Gasteiger partial charge in [-0.2, -0.15) is 0 Å². The number of nitrogens with one attached hydrogen (secondary N) is 1. The molecule has 4 nitrogen and oxygen atoms in total. The minimum Gasteiger partial charge on any atom is -0.294 e. The van der Waals surface area contributed by atoms with E-state index >= 15 is 0 Å². The van der Waals surface area contributed by atoms with Crippen LogP contribution in [-0.4, -0.2) is 17.4 Å². The van der Waals surface area contributed by atoms with Crippen LogP contribution in [0.2, 0.25) is 0 Å². The molecule has 1 aromatic heterocycles. The summed E-state index contributed by atoms with van der Waals surface area (Å²) in [4.78, 5) is 24.9. The minimum atomic E-state index is -0.768. The van der Waals surface area contributed by atoms with Gasteiger partial charge in [-0.05, 0) is 24.5 Å². The van der Waals surface area contributed by atoms with Crippen molar-refractivity contribution in [2.24, 2.45) is 0 Å². The van der Waals surface area contributed by atoms with Crippen molar-refractivity contribution in [3.63, 3.8) is 0 Å². The van der Waals surface area contributed by atoms with E-state index in [0.717, 1.165) is 16.7 Å². The third kappa shape index (κ3) is 2.36. The molecule has 1 aromatic carbocycles. The smallest absolute Gasteiger partial charge is 0.294 e. The van der Waals surface area contributed by atoms with Crippen LogP contribution >= 0.6 is 0 Å². The van der Waals surface area contributed by atoms with E-state index in [-0.39, 0.29) is 23.3 Å². The number of aromatic nitrogens is 2. The van der Waals surface area contributed by atoms with Gasteiger partial charge in [0.1, 0.15) is 19.5 Å². The number of hydrogen-bond donors (Lipinski definition) is 1. The summed E-state index contributed by atoms with van der Waals surface area (Å²) in [7, 11) is 5.49. The van der Waals surface area contributed by atoms with Crippen molar-refractivity contribution in [2.75, 3.05) is 0 Å². The fraction of sp³-hybridized carbons (Fsp3) is 0.167. The third-order valence-corrected chi connectivity index (χ3v) is 2.88. The first-order valence-electron chi connectivity index (χ1n) is 5.44. The number of aromatic amines is 1. The topological polar surface area (TPSA) is 54.9 Å². The van der Waals surface area contributed by atoms with Crippen molar-refractivity contribution in [1.82, 2.24) is 9.55 Å². The molecule has 0 aliphatic rings. The average molecular weight is 262 g/mol. The average Bonchev–Trinajstić information content (AvgIpc) is 2.35. The summed E-state index contributed by atoms with van der Waals surface area (Å²) in [5, 5.41) is 0. The highest BCUT2D eigenvalue weighted by atomic mass is 19.1. The quantitative estimate of drug-likeness (QED) is 0.772. The standard InChI is InChI=1S/C12H9BF2N2O2/c1-6-10(13)11(18)16-12(19)17(6)5-7-8(14)3-2-4-9(7)15/h2-4H,5H2,1H3,(H,16,18,19). The second-order valence-electron chi connectivity index (χ2n) is 4.04. The lowest BCUT2D eigenvalue weighted by atomic mass is 9.96. The lowest BCUT2D eigenvalue weighted by Crippen LogP contribution is -2.43. The second kappa shape index (κ2) is 4.83. The Morgan fingerprint density at radius 1 is 1.26 bits per heavy atom. The van der Waals surface area contributed by atoms with Crippen molar-refractivity contribution < 1.29 is 8.78 Å². The van der Waals surface area contributed by atoms with E-state index in [4.69, 9.17) is 7.85 Å². The zero-order valence-corrected chi connectivity index (χ0v) is 10.0. The molecule has 2 aromatic rings. The molecule has 1 N–H and O–H groups in total. The van der Waals surface area contributed by atoms with E-state index < -0.39 is 22.9 Å². The highest BCUT2D eigenvalue weighted by Gasteiger charge is 2.13. The van der Waals surface area contributed by atoms with Crippen molar-refractivity contribution in [3.8, 4) is 0 Å². The molecule has 0 bridgehead atoms. The Hall–Kier alpha value is -2.18. The summed E-state index contributed by atoms with van der Waals surface area (Å²) in [6.07, 6.45) is 0. The Labute approximate surface area is 108 Å². The fourth-order valence-corrected chi connectivity index (χ4v) is 1.73. The predicted molar refractivity (Wildman–Crippen MR) is 66.9 cm³/mol. The molecule has 0 fully saturated rings. The summed E-state index contributed by atoms with van der Waals surface area (Å²) >= 11 is 0. The summed E-state index contributed by atoms with van der Waals surface area (Å²) in [6, 6.07) is 3.41. The Kier molecular flexibility index (Phi) is 3.37. The molecule has 2 rings (SSSR count). The number of H-pyrrole nitrogens is 1. The van der Waals surface area contributed by atoms with Crippen LogP contribution in [0.15, 0.2) is 27.8 Å². The first-order valence-corrected chi connectivity index (χ1v) is 5.44. The molecule has 0 amide bonds. The third-order valence-electron chi connectivity index (χ3n) is 2.88. The molecule has 7 heteroatoms. The van der Waals surface area contributed by atoms with E-state index in [1.54, 1.807) is 0 Å². The van der Waals surface area contributed by atoms with E-state index in [9.17, 15) is 18.4 Å². The molecule has 0 atom stereocenters. The Morgan fingerprint density at radius 3 is 2.42 bits per heavy atom. The number of hydrogen-bond acceptors (Lipinski definition) is 2. The molecule has 0 unspecified atom stereocenters. The highest BCUT2D eigenvalue weighted by Crippen LogP contribution is 2.13. The maximum absolute atomic E-state index is 13.5. The number of benzene rings is 1. The second-order valence-corrected chi connectivity index (χ2v) is 4.04. The van der Waals surface area contributed by atoms with E-state index in [1.807, 2.05) is 4.98 Å². The zero-order valence-electron chi connectivity index (χ0n) is 10.0. The Balaban J connectivity index is 2.60. The Bertz CT molecular complexity index is 732. The molecule has 96 valence electrons. The van der Waals surface area contributed by atoms with E-state index in [1.165, 1.54) is 13.0 Å². The largest absolute Gasteiger partial charge is 0.328 e. The van der Waals surface area contributed by atoms with Crippen LogP contribution in [0.4, 0.5) is 8.78 Å². The summed E-state index contributed by atoms with van der Waals surface area (Å²) < 4.78 is 28.1. The minimum absolute atomic E-state index is 0.156. The van der Waals surface area contributed by atoms with Crippen LogP contribution in [0.5, 0.6) is 0 Å². The number of halogens is 2. The zero-order chi connectivity index (χ0) is 14.2. The molecule has 0 spiro atoms. The van der Waals surface area contributed by atoms with Gasteiger partial charge in [-0.3, -0.25) is 14.3 Å². The molecule has 19 heavy (non-hydrogen) atoms. The highest BCUT2D eigenvalue weighted by molar-refractivity contribution is 6.32. The number of rotatable bonds is 2. The molecule has 1 heterocycles. The van der Waals surface area contributed by atoms with Crippen LogP contribution in [0, 0.1) is 18.6 Å². The van der Waals surface area contributed by atoms with Crippen LogP contribution in [0.25, 0.3) is 0 Å². The fourth-order valence-electron chi connectivity index (χ4n) is 1.73. The maximum Gasteiger partial charge on any atom is 0.328 e. The van der Waals surface area contributed by atoms with Gasteiger partial charge in [0.15, 0.2) is 0 Å². The van der Waals surface area contributed by atoms with Gasteiger partial charge in [-0.15, -0.1) is 0 Å². The van der Waals surface area contributed by atoms with Crippen molar-refractivity contribution in [3.05, 3.63) is 61.9 Å². The number of nitrogens with zero attached hydrogens (tertiary/aromatic N) is 1. The molecule has 0 saturated heterocycles. The van der Waals surface area contributed by atoms with Gasteiger partial charge in [0, 0.05) is 11.3 Å². The van der Waals surface area contributed by atoms with Gasteiger partial charge in [0.05, 0.1) is 6.54 Å².